The fourth-order valence-electron chi connectivity index (χ4n) is 2.52. The molecule has 0 aliphatic heterocycles. The van der Waals surface area contributed by atoms with Gasteiger partial charge in [-0.3, -0.25) is 0 Å². The Balaban J connectivity index is 2.13. The molecule has 0 radical (unpaired) electrons. The minimum absolute atomic E-state index is 0.264. The number of benzene rings is 1. The third-order valence-electron chi connectivity index (χ3n) is 3.27. The fraction of sp³-hybridized carbons (Fsp3) is 0.538. The molecular formula is C13H18BrNO. The number of hydrogen-bond acceptors (Lipinski definition) is 2. The molecular weight excluding hydrogens is 266 g/mol. The van der Waals surface area contributed by atoms with Crippen LogP contribution in [0, 0.1) is 0 Å². The maximum absolute atomic E-state index is 8.78. The van der Waals surface area contributed by atoms with Crippen molar-refractivity contribution in [2.45, 2.75) is 31.7 Å². The minimum atomic E-state index is 0.264. The molecule has 16 heavy (non-hydrogen) atoms. The van der Waals surface area contributed by atoms with Crippen molar-refractivity contribution in [1.82, 2.24) is 5.32 Å². The van der Waals surface area contributed by atoms with E-state index in [1.54, 1.807) is 0 Å². The molecule has 2 unspecified atom stereocenters. The van der Waals surface area contributed by atoms with Crippen LogP contribution >= 0.6 is 15.9 Å². The molecule has 0 amide bonds. The predicted molar refractivity (Wildman–Crippen MR) is 69.6 cm³/mol. The monoisotopic (exact) mass is 283 g/mol. The topological polar surface area (TPSA) is 32.3 Å². The van der Waals surface area contributed by atoms with Crippen molar-refractivity contribution in [2.75, 3.05) is 13.2 Å². The van der Waals surface area contributed by atoms with Gasteiger partial charge in [-0.25, -0.2) is 0 Å². The van der Waals surface area contributed by atoms with E-state index in [-0.39, 0.29) is 6.61 Å². The second kappa shape index (κ2) is 5.30. The Hall–Kier alpha value is -0.380. The van der Waals surface area contributed by atoms with Gasteiger partial charge < -0.3 is 10.4 Å². The molecule has 2 atom stereocenters. The Labute approximate surface area is 105 Å². The molecule has 1 aromatic rings. The number of hydrogen-bond donors (Lipinski definition) is 2. The zero-order valence-electron chi connectivity index (χ0n) is 9.54. The molecule has 0 fully saturated rings. The number of halogens is 1. The van der Waals surface area contributed by atoms with Crippen LogP contribution in [-0.2, 0) is 0 Å². The van der Waals surface area contributed by atoms with Crippen LogP contribution < -0.4 is 5.32 Å². The van der Waals surface area contributed by atoms with E-state index in [4.69, 9.17) is 5.11 Å². The van der Waals surface area contributed by atoms with Gasteiger partial charge in [0.25, 0.3) is 0 Å². The largest absolute Gasteiger partial charge is 0.396 e. The first-order valence-electron chi connectivity index (χ1n) is 5.86. The summed E-state index contributed by atoms with van der Waals surface area (Å²) >= 11 is 3.63. The highest BCUT2D eigenvalue weighted by Gasteiger charge is 2.28. The number of fused-ring (bicyclic) bond motifs is 1. The highest BCUT2D eigenvalue weighted by molar-refractivity contribution is 9.10. The summed E-state index contributed by atoms with van der Waals surface area (Å²) < 4.78 is 1.23. The molecule has 1 aromatic carbocycles. The standard InChI is InChI=1S/C13H18BrNO/c1-9-8-12(15-6-3-7-16)10-4-2-5-11(14)13(9)10/h2,4-5,9,12,15-16H,3,6-8H2,1H3. The van der Waals surface area contributed by atoms with Crippen LogP contribution in [0.1, 0.15) is 42.9 Å². The molecule has 0 saturated heterocycles. The van der Waals surface area contributed by atoms with Crippen LogP contribution in [0.2, 0.25) is 0 Å². The number of aliphatic hydroxyl groups is 1. The maximum Gasteiger partial charge on any atom is 0.0443 e. The molecule has 2 nitrogen and oxygen atoms in total. The second-order valence-electron chi connectivity index (χ2n) is 4.46. The molecule has 1 aliphatic rings. The number of aliphatic hydroxyl groups excluding tert-OH is 1. The zero-order valence-corrected chi connectivity index (χ0v) is 11.1. The van der Waals surface area contributed by atoms with Crippen LogP contribution in [0.4, 0.5) is 0 Å². The quantitative estimate of drug-likeness (QED) is 0.833. The summed E-state index contributed by atoms with van der Waals surface area (Å²) in [5.74, 6) is 0.609. The van der Waals surface area contributed by atoms with Gasteiger partial charge in [0.05, 0.1) is 0 Å². The van der Waals surface area contributed by atoms with Gasteiger partial charge in [0, 0.05) is 17.1 Å². The highest BCUT2D eigenvalue weighted by atomic mass is 79.9. The smallest absolute Gasteiger partial charge is 0.0443 e. The SMILES string of the molecule is CC1CC(NCCCO)c2cccc(Br)c21. The maximum atomic E-state index is 8.78. The lowest BCUT2D eigenvalue weighted by molar-refractivity contribution is 0.283. The van der Waals surface area contributed by atoms with Crippen LogP contribution in [-0.4, -0.2) is 18.3 Å². The first-order chi connectivity index (χ1) is 7.74. The molecule has 88 valence electrons. The van der Waals surface area contributed by atoms with Crippen molar-refractivity contribution in [3.8, 4) is 0 Å². The lowest BCUT2D eigenvalue weighted by atomic mass is 10.0. The number of rotatable bonds is 4. The Morgan fingerprint density at radius 3 is 3.06 bits per heavy atom. The average molecular weight is 284 g/mol. The fourth-order valence-corrected chi connectivity index (χ4v) is 3.30. The van der Waals surface area contributed by atoms with Gasteiger partial charge in [0.2, 0.25) is 0 Å². The van der Waals surface area contributed by atoms with Gasteiger partial charge >= 0.3 is 0 Å². The first-order valence-corrected chi connectivity index (χ1v) is 6.66. The van der Waals surface area contributed by atoms with Gasteiger partial charge in [-0.1, -0.05) is 35.0 Å². The van der Waals surface area contributed by atoms with Crippen molar-refractivity contribution in [1.29, 1.82) is 0 Å². The molecule has 0 saturated carbocycles. The number of nitrogens with one attached hydrogen (secondary N) is 1. The molecule has 2 N–H and O–H groups in total. The van der Waals surface area contributed by atoms with E-state index in [0.29, 0.717) is 12.0 Å². The van der Waals surface area contributed by atoms with Crippen molar-refractivity contribution in [2.24, 2.45) is 0 Å². The lowest BCUT2D eigenvalue weighted by Crippen LogP contribution is -2.21. The van der Waals surface area contributed by atoms with E-state index in [0.717, 1.165) is 19.4 Å². The molecule has 3 heteroatoms. The first kappa shape index (κ1) is 12.1. The lowest BCUT2D eigenvalue weighted by Gasteiger charge is -2.13. The molecule has 0 bridgehead atoms. The van der Waals surface area contributed by atoms with Gasteiger partial charge in [-0.15, -0.1) is 0 Å². The van der Waals surface area contributed by atoms with E-state index in [2.05, 4.69) is 46.4 Å². The van der Waals surface area contributed by atoms with E-state index < -0.39 is 0 Å². The van der Waals surface area contributed by atoms with Gasteiger partial charge in [-0.05, 0) is 42.5 Å². The van der Waals surface area contributed by atoms with Crippen molar-refractivity contribution < 1.29 is 5.11 Å². The summed E-state index contributed by atoms with van der Waals surface area (Å²) in [6.45, 7) is 3.43. The summed E-state index contributed by atoms with van der Waals surface area (Å²) in [5.41, 5.74) is 2.86. The Bertz CT molecular complexity index is 367. The van der Waals surface area contributed by atoms with Crippen molar-refractivity contribution in [3.05, 3.63) is 33.8 Å². The minimum Gasteiger partial charge on any atom is -0.396 e. The summed E-state index contributed by atoms with van der Waals surface area (Å²) in [7, 11) is 0. The molecule has 0 heterocycles. The van der Waals surface area contributed by atoms with Crippen LogP contribution in [0.25, 0.3) is 0 Å². The Morgan fingerprint density at radius 1 is 1.50 bits per heavy atom. The van der Waals surface area contributed by atoms with Crippen LogP contribution in [0.3, 0.4) is 0 Å². The molecule has 2 rings (SSSR count). The summed E-state index contributed by atoms with van der Waals surface area (Å²) in [5, 5.41) is 12.3. The van der Waals surface area contributed by atoms with E-state index in [1.807, 2.05) is 0 Å². The van der Waals surface area contributed by atoms with Crippen LogP contribution in [0.15, 0.2) is 22.7 Å². The van der Waals surface area contributed by atoms with Crippen LogP contribution in [0.5, 0.6) is 0 Å². The summed E-state index contributed by atoms with van der Waals surface area (Å²) in [6.07, 6.45) is 1.98. The van der Waals surface area contributed by atoms with E-state index >= 15 is 0 Å². The average Bonchev–Trinajstić information content (AvgIpc) is 2.58. The van der Waals surface area contributed by atoms with Gasteiger partial charge in [-0.2, -0.15) is 0 Å². The Kier molecular flexibility index (Phi) is 4.00. The molecule has 0 spiro atoms. The molecule has 1 aliphatic carbocycles. The predicted octanol–water partition coefficient (Wildman–Crippen LogP) is 2.97. The molecule has 0 aromatic heterocycles. The highest BCUT2D eigenvalue weighted by Crippen LogP contribution is 2.43. The van der Waals surface area contributed by atoms with Gasteiger partial charge in [0.1, 0.15) is 0 Å². The van der Waals surface area contributed by atoms with Gasteiger partial charge in [0.15, 0.2) is 0 Å². The second-order valence-corrected chi connectivity index (χ2v) is 5.32. The summed E-state index contributed by atoms with van der Waals surface area (Å²) in [4.78, 5) is 0. The zero-order chi connectivity index (χ0) is 11.5. The third kappa shape index (κ3) is 2.31. The van der Waals surface area contributed by atoms with E-state index in [1.165, 1.54) is 15.6 Å². The Morgan fingerprint density at radius 2 is 2.31 bits per heavy atom. The van der Waals surface area contributed by atoms with E-state index in [9.17, 15) is 0 Å². The van der Waals surface area contributed by atoms with Crippen molar-refractivity contribution in [3.63, 3.8) is 0 Å². The van der Waals surface area contributed by atoms with Crippen molar-refractivity contribution >= 4 is 15.9 Å². The normalized spacial score (nSPS) is 23.4. The summed E-state index contributed by atoms with van der Waals surface area (Å²) in [6, 6.07) is 6.88. The third-order valence-corrected chi connectivity index (χ3v) is 3.96.